The highest BCUT2D eigenvalue weighted by atomic mass is 35.5. The zero-order valence-electron chi connectivity index (χ0n) is 19.7. The van der Waals surface area contributed by atoms with Gasteiger partial charge in [0.15, 0.2) is 17.8 Å². The van der Waals surface area contributed by atoms with Crippen LogP contribution in [0.1, 0.15) is 31.0 Å². The summed E-state index contributed by atoms with van der Waals surface area (Å²) >= 11 is 6.58. The van der Waals surface area contributed by atoms with Gasteiger partial charge in [0.25, 0.3) is 0 Å². The number of aryl methyl sites for hydroxylation is 1. The Labute approximate surface area is 210 Å². The van der Waals surface area contributed by atoms with Crippen LogP contribution in [0.5, 0.6) is 11.6 Å². The SMILES string of the molecule is Cc1ccnc(Cn2c(-c3ccc(OCC(F)(F)CO)cc3Cl)nc3c(OC4(C)CC4)ncnc32)c1. The highest BCUT2D eigenvalue weighted by molar-refractivity contribution is 6.33. The molecule has 1 aromatic carbocycles. The zero-order valence-corrected chi connectivity index (χ0v) is 20.5. The number of rotatable bonds is 9. The highest BCUT2D eigenvalue weighted by Gasteiger charge is 2.41. The lowest BCUT2D eigenvalue weighted by Gasteiger charge is -2.15. The van der Waals surface area contributed by atoms with Crippen molar-refractivity contribution >= 4 is 22.8 Å². The van der Waals surface area contributed by atoms with Gasteiger partial charge in [-0.25, -0.2) is 18.7 Å². The van der Waals surface area contributed by atoms with Gasteiger partial charge in [0.1, 0.15) is 30.1 Å². The van der Waals surface area contributed by atoms with Crippen LogP contribution in [-0.2, 0) is 6.54 Å². The molecule has 4 aromatic rings. The number of alkyl halides is 2. The summed E-state index contributed by atoms with van der Waals surface area (Å²) in [6.45, 7) is 2.09. The van der Waals surface area contributed by atoms with Crippen LogP contribution in [0, 0.1) is 6.92 Å². The molecule has 1 N–H and O–H groups in total. The molecule has 1 fully saturated rings. The average Bonchev–Trinajstić information content (AvgIpc) is 3.46. The van der Waals surface area contributed by atoms with Gasteiger partial charge in [-0.2, -0.15) is 4.98 Å². The molecule has 0 amide bonds. The normalized spacial score (nSPS) is 14.7. The number of imidazole rings is 1. The Balaban J connectivity index is 1.57. The van der Waals surface area contributed by atoms with E-state index in [0.29, 0.717) is 35.0 Å². The third-order valence-corrected chi connectivity index (χ3v) is 6.26. The Kier molecular flexibility index (Phi) is 6.25. The van der Waals surface area contributed by atoms with E-state index < -0.39 is 19.1 Å². The molecule has 3 aromatic heterocycles. The molecule has 0 saturated heterocycles. The smallest absolute Gasteiger partial charge is 0.303 e. The van der Waals surface area contributed by atoms with Crippen LogP contribution in [0.3, 0.4) is 0 Å². The third-order valence-electron chi connectivity index (χ3n) is 5.95. The first-order valence-corrected chi connectivity index (χ1v) is 11.8. The molecule has 0 atom stereocenters. The number of benzene rings is 1. The molecule has 8 nitrogen and oxygen atoms in total. The maximum Gasteiger partial charge on any atom is 0.303 e. The van der Waals surface area contributed by atoms with Crippen molar-refractivity contribution in [1.82, 2.24) is 24.5 Å². The van der Waals surface area contributed by atoms with E-state index in [1.807, 2.05) is 30.5 Å². The number of aliphatic hydroxyl groups excluding tert-OH is 1. The Morgan fingerprint density at radius 3 is 2.67 bits per heavy atom. The van der Waals surface area contributed by atoms with Crippen molar-refractivity contribution < 1.29 is 23.4 Å². The predicted molar refractivity (Wildman–Crippen MR) is 130 cm³/mol. The summed E-state index contributed by atoms with van der Waals surface area (Å²) < 4.78 is 39.9. The zero-order chi connectivity index (χ0) is 25.5. The minimum atomic E-state index is -3.35. The number of hydrogen-bond acceptors (Lipinski definition) is 7. The first-order chi connectivity index (χ1) is 17.2. The van der Waals surface area contributed by atoms with E-state index in [1.54, 1.807) is 12.3 Å². The standard InChI is InChI=1S/C25H24ClF2N5O3/c1-15-5-8-29-16(9-15)11-33-21(18-4-3-17(10-19(18)26)35-13-25(27,28)12-34)32-20-22(33)30-14-31-23(20)36-24(2)6-7-24/h3-5,8-10,14,34H,6-7,11-13H2,1-2H3. The van der Waals surface area contributed by atoms with Crippen LogP contribution in [0.25, 0.3) is 22.6 Å². The van der Waals surface area contributed by atoms with Gasteiger partial charge >= 0.3 is 5.92 Å². The summed E-state index contributed by atoms with van der Waals surface area (Å²) in [5.74, 6) is -2.32. The van der Waals surface area contributed by atoms with Crippen molar-refractivity contribution in [3.63, 3.8) is 0 Å². The summed E-state index contributed by atoms with van der Waals surface area (Å²) in [5, 5.41) is 9.01. The molecule has 1 aliphatic carbocycles. The van der Waals surface area contributed by atoms with Crippen molar-refractivity contribution in [1.29, 1.82) is 0 Å². The molecule has 0 spiro atoms. The second-order valence-electron chi connectivity index (χ2n) is 9.19. The summed E-state index contributed by atoms with van der Waals surface area (Å²) in [5.41, 5.74) is 3.19. The molecule has 36 heavy (non-hydrogen) atoms. The van der Waals surface area contributed by atoms with E-state index in [2.05, 4.69) is 15.0 Å². The van der Waals surface area contributed by atoms with Gasteiger partial charge in [0, 0.05) is 11.8 Å². The fourth-order valence-corrected chi connectivity index (χ4v) is 3.96. The van der Waals surface area contributed by atoms with Crippen molar-refractivity contribution in [3.8, 4) is 23.0 Å². The largest absolute Gasteiger partial charge is 0.487 e. The maximum atomic E-state index is 13.4. The molecule has 0 aliphatic heterocycles. The van der Waals surface area contributed by atoms with Crippen LogP contribution in [0.2, 0.25) is 5.02 Å². The van der Waals surface area contributed by atoms with E-state index in [0.717, 1.165) is 24.1 Å². The molecular weight excluding hydrogens is 492 g/mol. The molecule has 188 valence electrons. The van der Waals surface area contributed by atoms with E-state index >= 15 is 0 Å². The second-order valence-corrected chi connectivity index (χ2v) is 9.60. The van der Waals surface area contributed by atoms with Crippen molar-refractivity contribution in [3.05, 3.63) is 59.1 Å². The van der Waals surface area contributed by atoms with Gasteiger partial charge in [-0.05, 0) is 62.6 Å². The number of fused-ring (bicyclic) bond motifs is 1. The van der Waals surface area contributed by atoms with E-state index in [1.165, 1.54) is 18.5 Å². The number of hydrogen-bond donors (Lipinski definition) is 1. The van der Waals surface area contributed by atoms with Gasteiger partial charge in [-0.15, -0.1) is 0 Å². The van der Waals surface area contributed by atoms with Crippen molar-refractivity contribution in [2.24, 2.45) is 0 Å². The second kappa shape index (κ2) is 9.25. The monoisotopic (exact) mass is 515 g/mol. The minimum Gasteiger partial charge on any atom is -0.487 e. The third kappa shape index (κ3) is 5.10. The first-order valence-electron chi connectivity index (χ1n) is 11.4. The topological polar surface area (TPSA) is 95.2 Å². The molecular formula is C25H24ClF2N5O3. The minimum absolute atomic E-state index is 0.144. The molecule has 11 heteroatoms. The number of nitrogens with zero attached hydrogens (tertiary/aromatic N) is 5. The lowest BCUT2D eigenvalue weighted by Crippen LogP contribution is -2.29. The quantitative estimate of drug-likeness (QED) is 0.341. The first kappa shape index (κ1) is 24.3. The molecule has 3 heterocycles. The molecule has 1 aliphatic rings. The van der Waals surface area contributed by atoms with Crippen molar-refractivity contribution in [2.45, 2.75) is 44.8 Å². The number of halogens is 3. The van der Waals surface area contributed by atoms with Gasteiger partial charge in [0.05, 0.1) is 17.3 Å². The average molecular weight is 516 g/mol. The molecule has 5 rings (SSSR count). The van der Waals surface area contributed by atoms with E-state index in [-0.39, 0.29) is 16.4 Å². The predicted octanol–water partition coefficient (Wildman–Crippen LogP) is 4.84. The summed E-state index contributed by atoms with van der Waals surface area (Å²) in [6.07, 6.45) is 5.04. The fraction of sp³-hybridized carbons (Fsp3) is 0.360. The molecule has 0 radical (unpaired) electrons. The summed E-state index contributed by atoms with van der Waals surface area (Å²) in [6, 6.07) is 8.49. The molecule has 1 saturated carbocycles. The summed E-state index contributed by atoms with van der Waals surface area (Å²) in [4.78, 5) is 18.1. The number of aliphatic hydroxyl groups is 1. The Morgan fingerprint density at radius 2 is 1.97 bits per heavy atom. The van der Waals surface area contributed by atoms with Crippen LogP contribution >= 0.6 is 11.6 Å². The summed E-state index contributed by atoms with van der Waals surface area (Å²) in [7, 11) is 0. The van der Waals surface area contributed by atoms with Gasteiger partial charge in [0.2, 0.25) is 5.88 Å². The van der Waals surface area contributed by atoms with E-state index in [4.69, 9.17) is 31.2 Å². The van der Waals surface area contributed by atoms with E-state index in [9.17, 15) is 8.78 Å². The number of ether oxygens (including phenoxy) is 2. The van der Waals surface area contributed by atoms with Crippen LogP contribution in [0.15, 0.2) is 42.9 Å². The van der Waals surface area contributed by atoms with Crippen LogP contribution in [-0.4, -0.2) is 54.3 Å². The molecule has 0 bridgehead atoms. The Bertz CT molecular complexity index is 1420. The van der Waals surface area contributed by atoms with Crippen molar-refractivity contribution in [2.75, 3.05) is 13.2 Å². The fourth-order valence-electron chi connectivity index (χ4n) is 3.71. The molecule has 0 unspecified atom stereocenters. The van der Waals surface area contributed by atoms with Gasteiger partial charge < -0.3 is 19.1 Å². The number of aromatic nitrogens is 5. The van der Waals surface area contributed by atoms with Crippen LogP contribution in [0.4, 0.5) is 8.78 Å². The lowest BCUT2D eigenvalue weighted by molar-refractivity contribution is -0.0801. The Morgan fingerprint density at radius 1 is 1.17 bits per heavy atom. The highest BCUT2D eigenvalue weighted by Crippen LogP contribution is 2.41. The van der Waals surface area contributed by atoms with Gasteiger partial charge in [-0.1, -0.05) is 11.6 Å². The van der Waals surface area contributed by atoms with Gasteiger partial charge in [-0.3, -0.25) is 4.98 Å². The maximum absolute atomic E-state index is 13.4. The Hall–Kier alpha value is -3.37. The van der Waals surface area contributed by atoms with Crippen LogP contribution < -0.4 is 9.47 Å². The lowest BCUT2D eigenvalue weighted by atomic mass is 10.2. The number of pyridine rings is 1.